The molecule has 6 heteroatoms. The lowest BCUT2D eigenvalue weighted by Gasteiger charge is -2.40. The van der Waals surface area contributed by atoms with Crippen LogP contribution in [-0.2, 0) is 16.8 Å². The Morgan fingerprint density at radius 1 is 1.15 bits per heavy atom. The van der Waals surface area contributed by atoms with E-state index in [1.54, 1.807) is 12.1 Å². The van der Waals surface area contributed by atoms with Crippen molar-refractivity contribution < 1.29 is 9.32 Å². The van der Waals surface area contributed by atoms with Gasteiger partial charge in [-0.05, 0) is 30.5 Å². The Morgan fingerprint density at radius 3 is 2.65 bits per heavy atom. The van der Waals surface area contributed by atoms with E-state index in [1.165, 1.54) is 0 Å². The van der Waals surface area contributed by atoms with Crippen molar-refractivity contribution in [1.82, 2.24) is 15.5 Å². The molecule has 1 amide bonds. The molecule has 1 heterocycles. The quantitative estimate of drug-likeness (QED) is 0.736. The Labute approximate surface area is 156 Å². The van der Waals surface area contributed by atoms with Gasteiger partial charge in [0.2, 0.25) is 17.6 Å². The maximum atomic E-state index is 12.8. The van der Waals surface area contributed by atoms with Crippen molar-refractivity contribution in [2.24, 2.45) is 0 Å². The molecule has 1 aromatic heterocycles. The van der Waals surface area contributed by atoms with Crippen molar-refractivity contribution >= 4 is 17.5 Å². The zero-order valence-corrected chi connectivity index (χ0v) is 14.9. The maximum absolute atomic E-state index is 12.8. The highest BCUT2D eigenvalue weighted by Gasteiger charge is 2.45. The summed E-state index contributed by atoms with van der Waals surface area (Å²) in [6, 6.07) is 17.2. The van der Waals surface area contributed by atoms with E-state index in [4.69, 9.17) is 16.1 Å². The summed E-state index contributed by atoms with van der Waals surface area (Å²) in [7, 11) is 0. The Bertz CT molecular complexity index is 920. The molecule has 2 aromatic carbocycles. The lowest BCUT2D eigenvalue weighted by molar-refractivity contribution is -0.130. The van der Waals surface area contributed by atoms with E-state index < -0.39 is 5.41 Å². The standard InChI is InChI=1S/C20H18ClN3O2/c21-16-9-4-6-14(12-16)18-23-17(26-24-18)13-22-19(25)20(10-5-11-20)15-7-2-1-3-8-15/h1-4,6-9,12H,5,10-11,13H2,(H,22,25). The monoisotopic (exact) mass is 367 g/mol. The molecule has 0 atom stereocenters. The van der Waals surface area contributed by atoms with Gasteiger partial charge in [0.15, 0.2) is 0 Å². The number of carbonyl (C=O) groups excluding carboxylic acids is 1. The number of amides is 1. The first kappa shape index (κ1) is 16.8. The van der Waals surface area contributed by atoms with E-state index in [0.717, 1.165) is 30.4 Å². The van der Waals surface area contributed by atoms with Crippen molar-refractivity contribution in [1.29, 1.82) is 0 Å². The number of benzene rings is 2. The summed E-state index contributed by atoms with van der Waals surface area (Å²) in [4.78, 5) is 17.2. The van der Waals surface area contributed by atoms with Gasteiger partial charge in [0.25, 0.3) is 0 Å². The van der Waals surface area contributed by atoms with Gasteiger partial charge in [0, 0.05) is 10.6 Å². The van der Waals surface area contributed by atoms with E-state index >= 15 is 0 Å². The third kappa shape index (κ3) is 3.10. The molecule has 1 fully saturated rings. The Morgan fingerprint density at radius 2 is 1.96 bits per heavy atom. The van der Waals surface area contributed by atoms with Gasteiger partial charge in [0.05, 0.1) is 12.0 Å². The average molecular weight is 368 g/mol. The van der Waals surface area contributed by atoms with Gasteiger partial charge < -0.3 is 9.84 Å². The molecule has 0 unspecified atom stereocenters. The van der Waals surface area contributed by atoms with Crippen molar-refractivity contribution in [2.75, 3.05) is 0 Å². The first-order valence-electron chi connectivity index (χ1n) is 8.60. The minimum atomic E-state index is -0.433. The highest BCUT2D eigenvalue weighted by atomic mass is 35.5. The third-order valence-electron chi connectivity index (χ3n) is 4.92. The number of hydrogen-bond donors (Lipinski definition) is 1. The molecule has 0 aliphatic heterocycles. The van der Waals surface area contributed by atoms with Crippen molar-refractivity contribution in [3.05, 3.63) is 71.1 Å². The predicted molar refractivity (Wildman–Crippen MR) is 98.6 cm³/mol. The molecule has 1 saturated carbocycles. The first-order chi connectivity index (χ1) is 12.7. The molecule has 0 saturated heterocycles. The van der Waals surface area contributed by atoms with Crippen LogP contribution in [0.5, 0.6) is 0 Å². The fourth-order valence-corrected chi connectivity index (χ4v) is 3.52. The second-order valence-electron chi connectivity index (χ2n) is 6.51. The second kappa shape index (κ2) is 6.92. The molecule has 0 spiro atoms. The van der Waals surface area contributed by atoms with Crippen LogP contribution in [0, 0.1) is 0 Å². The molecule has 3 aromatic rings. The summed E-state index contributed by atoms with van der Waals surface area (Å²) in [6.45, 7) is 0.209. The maximum Gasteiger partial charge on any atom is 0.246 e. The largest absolute Gasteiger partial charge is 0.346 e. The molecular formula is C20H18ClN3O2. The zero-order chi connectivity index (χ0) is 18.0. The average Bonchev–Trinajstić information content (AvgIpc) is 3.09. The fraction of sp³-hybridized carbons (Fsp3) is 0.250. The molecular weight excluding hydrogens is 350 g/mol. The first-order valence-corrected chi connectivity index (χ1v) is 8.97. The van der Waals surface area contributed by atoms with E-state index in [9.17, 15) is 4.79 Å². The second-order valence-corrected chi connectivity index (χ2v) is 6.94. The van der Waals surface area contributed by atoms with E-state index in [-0.39, 0.29) is 12.5 Å². The van der Waals surface area contributed by atoms with Crippen LogP contribution in [0.15, 0.2) is 59.1 Å². The highest BCUT2D eigenvalue weighted by Crippen LogP contribution is 2.43. The molecule has 4 rings (SSSR count). The van der Waals surface area contributed by atoms with Gasteiger partial charge in [-0.2, -0.15) is 4.98 Å². The summed E-state index contributed by atoms with van der Waals surface area (Å²) >= 11 is 5.99. The summed E-state index contributed by atoms with van der Waals surface area (Å²) in [5.41, 5.74) is 1.41. The van der Waals surface area contributed by atoms with Crippen molar-refractivity contribution in [3.63, 3.8) is 0 Å². The zero-order valence-electron chi connectivity index (χ0n) is 14.1. The molecule has 0 radical (unpaired) electrons. The van der Waals surface area contributed by atoms with Gasteiger partial charge in [-0.15, -0.1) is 0 Å². The summed E-state index contributed by atoms with van der Waals surface area (Å²) in [5, 5.41) is 7.53. The SMILES string of the molecule is O=C(NCc1nc(-c2cccc(Cl)c2)no1)C1(c2ccccc2)CCC1. The van der Waals surface area contributed by atoms with Crippen LogP contribution >= 0.6 is 11.6 Å². The fourth-order valence-electron chi connectivity index (χ4n) is 3.33. The van der Waals surface area contributed by atoms with Crippen LogP contribution in [0.25, 0.3) is 11.4 Å². The summed E-state index contributed by atoms with van der Waals surface area (Å²) in [6.07, 6.45) is 2.78. The van der Waals surface area contributed by atoms with Crippen LogP contribution in [-0.4, -0.2) is 16.0 Å². The number of carbonyl (C=O) groups is 1. The Hall–Kier alpha value is -2.66. The Kier molecular flexibility index (Phi) is 4.47. The van der Waals surface area contributed by atoms with Crippen molar-refractivity contribution in [2.45, 2.75) is 31.2 Å². The van der Waals surface area contributed by atoms with Gasteiger partial charge >= 0.3 is 0 Å². The Balaban J connectivity index is 1.45. The van der Waals surface area contributed by atoms with Gasteiger partial charge in [-0.1, -0.05) is 65.6 Å². The molecule has 1 aliphatic carbocycles. The number of aromatic nitrogens is 2. The minimum absolute atomic E-state index is 0.0115. The molecule has 1 N–H and O–H groups in total. The number of nitrogens with zero attached hydrogens (tertiary/aromatic N) is 2. The van der Waals surface area contributed by atoms with Crippen LogP contribution in [0.4, 0.5) is 0 Å². The molecule has 5 nitrogen and oxygen atoms in total. The topological polar surface area (TPSA) is 68.0 Å². The van der Waals surface area contributed by atoms with Gasteiger partial charge in [0.1, 0.15) is 0 Å². The van der Waals surface area contributed by atoms with Crippen LogP contribution in [0.3, 0.4) is 0 Å². The lowest BCUT2D eigenvalue weighted by Crippen LogP contribution is -2.49. The minimum Gasteiger partial charge on any atom is -0.346 e. The van der Waals surface area contributed by atoms with Crippen molar-refractivity contribution in [3.8, 4) is 11.4 Å². The number of halogens is 1. The highest BCUT2D eigenvalue weighted by molar-refractivity contribution is 6.30. The molecule has 0 bridgehead atoms. The molecule has 132 valence electrons. The van der Waals surface area contributed by atoms with Crippen LogP contribution < -0.4 is 5.32 Å². The van der Waals surface area contributed by atoms with Gasteiger partial charge in [-0.3, -0.25) is 4.79 Å². The van der Waals surface area contributed by atoms with E-state index in [0.29, 0.717) is 16.7 Å². The van der Waals surface area contributed by atoms with Gasteiger partial charge in [-0.25, -0.2) is 0 Å². The lowest BCUT2D eigenvalue weighted by atomic mass is 9.64. The van der Waals surface area contributed by atoms with E-state index in [1.807, 2.05) is 42.5 Å². The van der Waals surface area contributed by atoms with E-state index in [2.05, 4.69) is 15.5 Å². The number of hydrogen-bond acceptors (Lipinski definition) is 4. The third-order valence-corrected chi connectivity index (χ3v) is 5.15. The summed E-state index contributed by atoms with van der Waals surface area (Å²) in [5.74, 6) is 0.839. The number of rotatable bonds is 5. The smallest absolute Gasteiger partial charge is 0.246 e. The summed E-state index contributed by atoms with van der Waals surface area (Å²) < 4.78 is 5.26. The molecule has 1 aliphatic rings. The normalized spacial score (nSPS) is 15.3. The molecule has 26 heavy (non-hydrogen) atoms. The predicted octanol–water partition coefficient (Wildman–Crippen LogP) is 4.13. The van der Waals surface area contributed by atoms with Crippen LogP contribution in [0.1, 0.15) is 30.7 Å². The number of nitrogens with one attached hydrogen (secondary N) is 1. The van der Waals surface area contributed by atoms with Crippen LogP contribution in [0.2, 0.25) is 5.02 Å².